The summed E-state index contributed by atoms with van der Waals surface area (Å²) in [5, 5.41) is 10.2. The van der Waals surface area contributed by atoms with E-state index in [9.17, 15) is 0 Å². The van der Waals surface area contributed by atoms with Crippen molar-refractivity contribution < 1.29 is 0 Å². The van der Waals surface area contributed by atoms with Crippen molar-refractivity contribution in [1.29, 1.82) is 0 Å². The summed E-state index contributed by atoms with van der Waals surface area (Å²) in [4.78, 5) is 2.34. The summed E-state index contributed by atoms with van der Waals surface area (Å²) in [6.07, 6.45) is 14.8. The van der Waals surface area contributed by atoms with Crippen molar-refractivity contribution in [3.63, 3.8) is 0 Å². The van der Waals surface area contributed by atoms with Crippen molar-refractivity contribution in [2.75, 3.05) is 4.90 Å². The predicted octanol–water partition coefficient (Wildman–Crippen LogP) is 16.0. The minimum atomic E-state index is 0.439. The van der Waals surface area contributed by atoms with Crippen molar-refractivity contribution in [3.8, 4) is 22.3 Å². The molecule has 1 atom stereocenters. The lowest BCUT2D eigenvalue weighted by Gasteiger charge is -2.26. The number of benzene rings is 9. The molecule has 0 saturated heterocycles. The first-order valence-electron chi connectivity index (χ1n) is 21.0. The number of nitrogens with zero attached hydrogens (tertiary/aromatic N) is 2. The summed E-state index contributed by atoms with van der Waals surface area (Å²) >= 11 is 0. The van der Waals surface area contributed by atoms with Crippen molar-refractivity contribution in [2.24, 2.45) is 5.92 Å². The maximum absolute atomic E-state index is 2.54. The molecule has 2 aliphatic rings. The van der Waals surface area contributed by atoms with Crippen LogP contribution in [-0.2, 0) is 0 Å². The Labute approximate surface area is 349 Å². The molecule has 1 aromatic heterocycles. The summed E-state index contributed by atoms with van der Waals surface area (Å²) in [6, 6.07) is 68.8. The number of allylic oxidation sites excluding steroid dienone is 8. The van der Waals surface area contributed by atoms with Gasteiger partial charge < -0.3 is 9.47 Å². The SMILES string of the molecule is C1=CC2=CC(n3c4ccccc4c4c5c6ccccc6c(-c6ccc(N(c7ccccc7)c7ccc(-c8ccccc8)cc7)cc6)cc5c5ccccc5c43)=CCC2C=C1. The van der Waals surface area contributed by atoms with Gasteiger partial charge >= 0.3 is 0 Å². The van der Waals surface area contributed by atoms with Crippen LogP contribution in [0.5, 0.6) is 0 Å². The van der Waals surface area contributed by atoms with Gasteiger partial charge in [0.2, 0.25) is 0 Å². The van der Waals surface area contributed by atoms with Crippen LogP contribution < -0.4 is 4.90 Å². The number of fused-ring (bicyclic) bond motifs is 11. The zero-order valence-electron chi connectivity index (χ0n) is 33.0. The first kappa shape index (κ1) is 34.4. The number of para-hydroxylation sites is 2. The van der Waals surface area contributed by atoms with Gasteiger partial charge in [-0.3, -0.25) is 0 Å². The van der Waals surface area contributed by atoms with Crippen molar-refractivity contribution >= 4 is 76.9 Å². The summed E-state index contributed by atoms with van der Waals surface area (Å²) < 4.78 is 2.54. The fourth-order valence-corrected chi connectivity index (χ4v) is 9.89. The number of rotatable bonds is 6. The lowest BCUT2D eigenvalue weighted by Crippen LogP contribution is -2.09. The molecule has 0 N–H and O–H groups in total. The monoisotopic (exact) mass is 764 g/mol. The van der Waals surface area contributed by atoms with Gasteiger partial charge in [-0.05, 0) is 110 Å². The Kier molecular flexibility index (Phi) is 8.02. The van der Waals surface area contributed by atoms with Crippen LogP contribution in [0.25, 0.3) is 82.1 Å². The molecule has 282 valence electrons. The molecule has 2 aliphatic carbocycles. The molecule has 0 fully saturated rings. The molecule has 10 aromatic rings. The summed E-state index contributed by atoms with van der Waals surface area (Å²) in [5.41, 5.74) is 13.3. The first-order chi connectivity index (χ1) is 29.8. The zero-order valence-corrected chi connectivity index (χ0v) is 33.0. The molecule has 0 saturated carbocycles. The highest BCUT2D eigenvalue weighted by Crippen LogP contribution is 2.48. The molecule has 2 heteroatoms. The van der Waals surface area contributed by atoms with Crippen LogP contribution in [0.2, 0.25) is 0 Å². The average Bonchev–Trinajstić information content (AvgIpc) is 3.68. The second-order valence-electron chi connectivity index (χ2n) is 16.0. The van der Waals surface area contributed by atoms with E-state index in [1.54, 1.807) is 0 Å². The molecular formula is C58H40N2. The normalized spacial score (nSPS) is 14.8. The van der Waals surface area contributed by atoms with Gasteiger partial charge in [-0.1, -0.05) is 170 Å². The molecule has 0 spiro atoms. The van der Waals surface area contributed by atoms with Crippen molar-refractivity contribution in [2.45, 2.75) is 6.42 Å². The Balaban J connectivity index is 1.05. The molecule has 60 heavy (non-hydrogen) atoms. The van der Waals surface area contributed by atoms with Gasteiger partial charge in [0, 0.05) is 50.2 Å². The standard InChI is InChI=1S/C58H40N2/c1-3-15-39(16-4-1)41-27-32-45(33-28-41)59(44-19-5-2-6-20-44)46-34-30-42(31-35-46)53-38-54-49-22-10-12-24-51(49)58-57(56(54)50-23-11-9-21-48(50)53)52-25-13-14-26-55(52)60(58)47-36-29-40-17-7-8-18-43(40)37-47/h1-28,30-38,40H,29H2. The summed E-state index contributed by atoms with van der Waals surface area (Å²) in [7, 11) is 0. The molecule has 1 heterocycles. The smallest absolute Gasteiger partial charge is 0.0626 e. The fraction of sp³-hybridized carbons (Fsp3) is 0.0345. The van der Waals surface area contributed by atoms with E-state index >= 15 is 0 Å². The molecule has 9 aromatic carbocycles. The van der Waals surface area contributed by atoms with Gasteiger partial charge in [-0.25, -0.2) is 0 Å². The Morgan fingerprint density at radius 3 is 1.78 bits per heavy atom. The maximum atomic E-state index is 2.54. The van der Waals surface area contributed by atoms with Gasteiger partial charge in [0.15, 0.2) is 0 Å². The van der Waals surface area contributed by atoms with Gasteiger partial charge in [-0.2, -0.15) is 0 Å². The van der Waals surface area contributed by atoms with Gasteiger partial charge in [0.25, 0.3) is 0 Å². The van der Waals surface area contributed by atoms with Crippen LogP contribution in [0.15, 0.2) is 230 Å². The Morgan fingerprint density at radius 2 is 1.03 bits per heavy atom. The Bertz CT molecular complexity index is 3420. The third kappa shape index (κ3) is 5.49. The first-order valence-corrected chi connectivity index (χ1v) is 21.0. The topological polar surface area (TPSA) is 8.17 Å². The van der Waals surface area contributed by atoms with Crippen molar-refractivity contribution in [3.05, 3.63) is 230 Å². The Morgan fingerprint density at radius 1 is 0.450 bits per heavy atom. The lowest BCUT2D eigenvalue weighted by molar-refractivity contribution is 0.777. The second-order valence-corrected chi connectivity index (χ2v) is 16.0. The zero-order chi connectivity index (χ0) is 39.6. The van der Waals surface area contributed by atoms with Crippen LogP contribution in [0.3, 0.4) is 0 Å². The van der Waals surface area contributed by atoms with Crippen molar-refractivity contribution in [1.82, 2.24) is 4.57 Å². The molecule has 1 unspecified atom stereocenters. The summed E-state index contributed by atoms with van der Waals surface area (Å²) in [5.74, 6) is 0.439. The number of hydrogen-bond acceptors (Lipinski definition) is 1. The molecule has 0 radical (unpaired) electrons. The largest absolute Gasteiger partial charge is 0.311 e. The fourth-order valence-electron chi connectivity index (χ4n) is 9.89. The molecule has 12 rings (SSSR count). The van der Waals surface area contributed by atoms with Crippen LogP contribution in [0, 0.1) is 5.92 Å². The van der Waals surface area contributed by atoms with E-state index in [1.807, 2.05) is 0 Å². The summed E-state index contributed by atoms with van der Waals surface area (Å²) in [6.45, 7) is 0. The van der Waals surface area contributed by atoms with E-state index in [0.717, 1.165) is 23.5 Å². The minimum Gasteiger partial charge on any atom is -0.311 e. The van der Waals surface area contributed by atoms with E-state index < -0.39 is 0 Å². The van der Waals surface area contributed by atoms with Crippen LogP contribution in [-0.4, -0.2) is 4.57 Å². The van der Waals surface area contributed by atoms with Gasteiger partial charge in [-0.15, -0.1) is 0 Å². The molecule has 2 nitrogen and oxygen atoms in total. The number of hydrogen-bond donors (Lipinski definition) is 0. The predicted molar refractivity (Wildman–Crippen MR) is 256 cm³/mol. The van der Waals surface area contributed by atoms with Crippen LogP contribution in [0.4, 0.5) is 17.1 Å². The highest BCUT2D eigenvalue weighted by Gasteiger charge is 2.24. The van der Waals surface area contributed by atoms with E-state index in [0.29, 0.717) is 5.92 Å². The van der Waals surface area contributed by atoms with E-state index in [2.05, 4.69) is 234 Å². The maximum Gasteiger partial charge on any atom is 0.0626 e. The van der Waals surface area contributed by atoms with Gasteiger partial charge in [0.05, 0.1) is 11.0 Å². The molecular weight excluding hydrogens is 725 g/mol. The molecule has 0 amide bonds. The highest BCUT2D eigenvalue weighted by atomic mass is 15.1. The van der Waals surface area contributed by atoms with E-state index in [1.165, 1.54) is 87.6 Å². The highest BCUT2D eigenvalue weighted by molar-refractivity contribution is 6.38. The third-order valence-electron chi connectivity index (χ3n) is 12.7. The quantitative estimate of drug-likeness (QED) is 0.153. The molecule has 0 aliphatic heterocycles. The average molecular weight is 765 g/mol. The minimum absolute atomic E-state index is 0.439. The van der Waals surface area contributed by atoms with E-state index in [4.69, 9.17) is 0 Å². The lowest BCUT2D eigenvalue weighted by atomic mass is 9.87. The molecule has 0 bridgehead atoms. The number of aromatic nitrogens is 1. The van der Waals surface area contributed by atoms with E-state index in [-0.39, 0.29) is 0 Å². The second kappa shape index (κ2) is 14.0. The number of anilines is 3. The van der Waals surface area contributed by atoms with Gasteiger partial charge in [0.1, 0.15) is 0 Å². The van der Waals surface area contributed by atoms with Crippen LogP contribution >= 0.6 is 0 Å². The van der Waals surface area contributed by atoms with Crippen LogP contribution in [0.1, 0.15) is 6.42 Å². The Hall–Kier alpha value is -7.68. The third-order valence-corrected chi connectivity index (χ3v) is 12.7.